The van der Waals surface area contributed by atoms with Gasteiger partial charge in [0.1, 0.15) is 0 Å². The highest BCUT2D eigenvalue weighted by Crippen LogP contribution is 2.58. The van der Waals surface area contributed by atoms with E-state index < -0.39 is 0 Å². The second-order valence-corrected chi connectivity index (χ2v) is 4.05. The molecule has 0 N–H and O–H groups in total. The Balaban J connectivity index is 1.85. The standard InChI is InChI=1S/C10H16O2/c1-3-12-10(11)9-6(2)8(9)7-4-5-7/h6-9H,3-5H2,1-2H3/t6?,8?,9-/m0/s1. The van der Waals surface area contributed by atoms with Gasteiger partial charge >= 0.3 is 5.97 Å². The molecule has 0 aliphatic heterocycles. The predicted molar refractivity (Wildman–Crippen MR) is 45.5 cm³/mol. The van der Waals surface area contributed by atoms with Crippen LogP contribution in [0, 0.1) is 23.7 Å². The molecule has 12 heavy (non-hydrogen) atoms. The molecule has 2 aliphatic carbocycles. The first-order valence-electron chi connectivity index (χ1n) is 4.92. The minimum absolute atomic E-state index is 0.0434. The van der Waals surface area contributed by atoms with Crippen molar-refractivity contribution in [3.8, 4) is 0 Å². The molecule has 2 heteroatoms. The van der Waals surface area contributed by atoms with Gasteiger partial charge in [-0.25, -0.2) is 0 Å². The first kappa shape index (κ1) is 8.09. The van der Waals surface area contributed by atoms with Gasteiger partial charge in [-0.05, 0) is 37.5 Å². The van der Waals surface area contributed by atoms with Crippen LogP contribution in [-0.2, 0) is 9.53 Å². The summed E-state index contributed by atoms with van der Waals surface area (Å²) in [6.07, 6.45) is 2.68. The van der Waals surface area contributed by atoms with Crippen molar-refractivity contribution in [1.29, 1.82) is 0 Å². The molecule has 3 atom stereocenters. The number of hydrogen-bond acceptors (Lipinski definition) is 2. The van der Waals surface area contributed by atoms with Crippen LogP contribution in [0.2, 0.25) is 0 Å². The molecule has 2 aliphatic rings. The van der Waals surface area contributed by atoms with Gasteiger partial charge < -0.3 is 4.74 Å². The largest absolute Gasteiger partial charge is 0.466 e. The Morgan fingerprint density at radius 2 is 2.17 bits per heavy atom. The zero-order chi connectivity index (χ0) is 8.72. The number of rotatable bonds is 3. The Morgan fingerprint density at radius 1 is 1.50 bits per heavy atom. The van der Waals surface area contributed by atoms with Crippen molar-refractivity contribution in [1.82, 2.24) is 0 Å². The minimum atomic E-state index is 0.0434. The Hall–Kier alpha value is -0.530. The average Bonchev–Trinajstić information content (AvgIpc) is 2.82. The van der Waals surface area contributed by atoms with Gasteiger partial charge in [-0.15, -0.1) is 0 Å². The van der Waals surface area contributed by atoms with E-state index in [-0.39, 0.29) is 11.9 Å². The lowest BCUT2D eigenvalue weighted by Gasteiger charge is -1.98. The lowest BCUT2D eigenvalue weighted by molar-refractivity contribution is -0.145. The Bertz CT molecular complexity index is 196. The van der Waals surface area contributed by atoms with Gasteiger partial charge in [-0.2, -0.15) is 0 Å². The molecule has 0 aromatic carbocycles. The minimum Gasteiger partial charge on any atom is -0.466 e. The van der Waals surface area contributed by atoms with Crippen molar-refractivity contribution in [3.63, 3.8) is 0 Å². The van der Waals surface area contributed by atoms with E-state index in [4.69, 9.17) is 4.74 Å². The van der Waals surface area contributed by atoms with Crippen molar-refractivity contribution in [3.05, 3.63) is 0 Å². The highest BCUT2D eigenvalue weighted by molar-refractivity contribution is 5.76. The second kappa shape index (κ2) is 2.75. The summed E-state index contributed by atoms with van der Waals surface area (Å²) in [4.78, 5) is 11.3. The summed E-state index contributed by atoms with van der Waals surface area (Å²) in [5.41, 5.74) is 0. The van der Waals surface area contributed by atoms with Crippen molar-refractivity contribution < 1.29 is 9.53 Å². The first-order chi connectivity index (χ1) is 5.75. The van der Waals surface area contributed by atoms with Crippen molar-refractivity contribution >= 4 is 5.97 Å². The molecule has 0 heterocycles. The van der Waals surface area contributed by atoms with Crippen LogP contribution in [0.3, 0.4) is 0 Å². The van der Waals surface area contributed by atoms with E-state index in [1.165, 1.54) is 12.8 Å². The Kier molecular flexibility index (Phi) is 1.85. The molecule has 0 amide bonds. The van der Waals surface area contributed by atoms with Crippen LogP contribution in [0.1, 0.15) is 26.7 Å². The summed E-state index contributed by atoms with van der Waals surface area (Å²) in [6, 6.07) is 0. The predicted octanol–water partition coefficient (Wildman–Crippen LogP) is 1.84. The van der Waals surface area contributed by atoms with Gasteiger partial charge in [0, 0.05) is 0 Å². The van der Waals surface area contributed by atoms with Crippen molar-refractivity contribution in [2.45, 2.75) is 26.7 Å². The molecule has 2 saturated carbocycles. The lowest BCUT2D eigenvalue weighted by Crippen LogP contribution is -2.08. The van der Waals surface area contributed by atoms with Crippen LogP contribution in [0.25, 0.3) is 0 Å². The Morgan fingerprint density at radius 3 is 2.67 bits per heavy atom. The molecule has 0 saturated heterocycles. The van der Waals surface area contributed by atoms with E-state index in [0.29, 0.717) is 18.4 Å². The molecule has 2 nitrogen and oxygen atoms in total. The molecule has 2 unspecified atom stereocenters. The number of hydrogen-bond donors (Lipinski definition) is 0. The van der Waals surface area contributed by atoms with E-state index in [1.807, 2.05) is 6.92 Å². The smallest absolute Gasteiger partial charge is 0.309 e. The van der Waals surface area contributed by atoms with Gasteiger partial charge in [0.25, 0.3) is 0 Å². The fourth-order valence-corrected chi connectivity index (χ4v) is 2.31. The summed E-state index contributed by atoms with van der Waals surface area (Å²) in [5, 5.41) is 0. The topological polar surface area (TPSA) is 26.3 Å². The van der Waals surface area contributed by atoms with Gasteiger partial charge in [-0.1, -0.05) is 6.92 Å². The van der Waals surface area contributed by atoms with E-state index >= 15 is 0 Å². The molecule has 0 radical (unpaired) electrons. The summed E-state index contributed by atoms with van der Waals surface area (Å²) in [6.45, 7) is 4.57. The van der Waals surface area contributed by atoms with Gasteiger partial charge in [0.05, 0.1) is 12.5 Å². The summed E-state index contributed by atoms with van der Waals surface area (Å²) in [7, 11) is 0. The van der Waals surface area contributed by atoms with Gasteiger partial charge in [0.15, 0.2) is 0 Å². The number of carbonyl (C=O) groups is 1. The van der Waals surface area contributed by atoms with Crippen molar-refractivity contribution in [2.24, 2.45) is 23.7 Å². The second-order valence-electron chi connectivity index (χ2n) is 4.05. The molecule has 0 bridgehead atoms. The molecule has 0 aromatic heterocycles. The third-order valence-corrected chi connectivity index (χ3v) is 3.17. The normalized spacial score (nSPS) is 39.3. The van der Waals surface area contributed by atoms with E-state index in [1.54, 1.807) is 0 Å². The maximum atomic E-state index is 11.3. The third kappa shape index (κ3) is 1.23. The fourth-order valence-electron chi connectivity index (χ4n) is 2.31. The average molecular weight is 168 g/mol. The number of carbonyl (C=O) groups excluding carboxylic acids is 1. The van der Waals surface area contributed by atoms with Gasteiger partial charge in [0.2, 0.25) is 0 Å². The quantitative estimate of drug-likeness (QED) is 0.601. The summed E-state index contributed by atoms with van der Waals surface area (Å²) >= 11 is 0. The molecular weight excluding hydrogens is 152 g/mol. The maximum Gasteiger partial charge on any atom is 0.309 e. The zero-order valence-corrected chi connectivity index (χ0v) is 7.75. The highest BCUT2D eigenvalue weighted by Gasteiger charge is 2.58. The first-order valence-corrected chi connectivity index (χ1v) is 4.92. The van der Waals surface area contributed by atoms with Crippen LogP contribution in [0.5, 0.6) is 0 Å². The van der Waals surface area contributed by atoms with Gasteiger partial charge in [-0.3, -0.25) is 4.79 Å². The van der Waals surface area contributed by atoms with E-state index in [9.17, 15) is 4.79 Å². The summed E-state index contributed by atoms with van der Waals surface area (Å²) in [5.74, 6) is 2.41. The highest BCUT2D eigenvalue weighted by atomic mass is 16.5. The molecule has 2 rings (SSSR count). The zero-order valence-electron chi connectivity index (χ0n) is 7.75. The molecule has 0 spiro atoms. The molecule has 68 valence electrons. The van der Waals surface area contributed by atoms with E-state index in [2.05, 4.69) is 6.92 Å². The van der Waals surface area contributed by atoms with E-state index in [0.717, 1.165) is 5.92 Å². The molecule has 0 aromatic rings. The van der Waals surface area contributed by atoms with Crippen LogP contribution in [0.15, 0.2) is 0 Å². The van der Waals surface area contributed by atoms with Crippen LogP contribution < -0.4 is 0 Å². The fraction of sp³-hybridized carbons (Fsp3) is 0.900. The maximum absolute atomic E-state index is 11.3. The van der Waals surface area contributed by atoms with Crippen LogP contribution >= 0.6 is 0 Å². The van der Waals surface area contributed by atoms with Crippen LogP contribution in [0.4, 0.5) is 0 Å². The SMILES string of the molecule is CCOC(=O)[C@H]1C(C)C1C1CC1. The lowest BCUT2D eigenvalue weighted by atomic mass is 10.2. The summed E-state index contributed by atoms with van der Waals surface area (Å²) < 4.78 is 5.01. The van der Waals surface area contributed by atoms with Crippen LogP contribution in [-0.4, -0.2) is 12.6 Å². The Labute approximate surface area is 73.3 Å². The molecular formula is C10H16O2. The number of esters is 1. The number of ether oxygens (including phenoxy) is 1. The van der Waals surface area contributed by atoms with Crippen molar-refractivity contribution in [2.75, 3.05) is 6.61 Å². The molecule has 2 fully saturated rings. The third-order valence-electron chi connectivity index (χ3n) is 3.17. The monoisotopic (exact) mass is 168 g/mol.